The fraction of sp³-hybridized carbons (Fsp3) is 0.143. The monoisotopic (exact) mass is 224 g/mol. The van der Waals surface area contributed by atoms with E-state index >= 15 is 0 Å². The van der Waals surface area contributed by atoms with Crippen molar-refractivity contribution < 1.29 is 4.79 Å². The molecule has 1 N–H and O–H groups in total. The predicted octanol–water partition coefficient (Wildman–Crippen LogP) is 1.99. The van der Waals surface area contributed by atoms with Crippen molar-refractivity contribution >= 4 is 16.7 Å². The number of hydrogen-bond acceptors (Lipinski definition) is 2. The minimum absolute atomic E-state index is 0.243. The minimum atomic E-state index is -0.303. The number of benzene rings is 1. The molecule has 0 aliphatic heterocycles. The van der Waals surface area contributed by atoms with Gasteiger partial charge in [-0.3, -0.25) is 9.78 Å². The highest BCUT2D eigenvalue weighted by Crippen LogP contribution is 2.16. The number of carbonyl (C=O) groups is 1. The Bertz CT molecular complexity index is 593. The van der Waals surface area contributed by atoms with Crippen molar-refractivity contribution in [1.29, 1.82) is 0 Å². The van der Waals surface area contributed by atoms with Crippen molar-refractivity contribution in [3.8, 4) is 12.3 Å². The summed E-state index contributed by atoms with van der Waals surface area (Å²) in [7, 11) is 0. The van der Waals surface area contributed by atoms with Crippen molar-refractivity contribution in [2.75, 3.05) is 0 Å². The summed E-state index contributed by atoms with van der Waals surface area (Å²) < 4.78 is 0. The number of nitrogens with zero attached hydrogens (tertiary/aromatic N) is 1. The van der Waals surface area contributed by atoms with Gasteiger partial charge >= 0.3 is 0 Å². The van der Waals surface area contributed by atoms with Crippen LogP contribution in [0.3, 0.4) is 0 Å². The van der Waals surface area contributed by atoms with Crippen molar-refractivity contribution in [3.05, 3.63) is 42.2 Å². The highest BCUT2D eigenvalue weighted by molar-refractivity contribution is 6.05. The minimum Gasteiger partial charge on any atom is -0.337 e. The first kappa shape index (κ1) is 11.2. The molecule has 1 aromatic carbocycles. The van der Waals surface area contributed by atoms with Crippen LogP contribution in [0, 0.1) is 12.3 Å². The van der Waals surface area contributed by atoms with Gasteiger partial charge in [0.1, 0.15) is 5.69 Å². The summed E-state index contributed by atoms with van der Waals surface area (Å²) >= 11 is 0. The van der Waals surface area contributed by atoms with Gasteiger partial charge in [-0.15, -0.1) is 6.42 Å². The summed E-state index contributed by atoms with van der Waals surface area (Å²) in [6, 6.07) is 9.19. The SMILES string of the molecule is C#CC(C)NC(=O)c1nccc2ccccc12. The topological polar surface area (TPSA) is 42.0 Å². The highest BCUT2D eigenvalue weighted by Gasteiger charge is 2.12. The van der Waals surface area contributed by atoms with E-state index in [0.717, 1.165) is 10.8 Å². The number of carbonyl (C=O) groups excluding carboxylic acids is 1. The summed E-state index contributed by atoms with van der Waals surface area (Å²) in [5, 5.41) is 4.52. The molecule has 2 rings (SSSR count). The Balaban J connectivity index is 2.42. The van der Waals surface area contributed by atoms with Crippen LogP contribution in [0.15, 0.2) is 36.5 Å². The van der Waals surface area contributed by atoms with Crippen molar-refractivity contribution in [1.82, 2.24) is 10.3 Å². The van der Waals surface area contributed by atoms with Crippen LogP contribution in [0.5, 0.6) is 0 Å². The number of hydrogen-bond donors (Lipinski definition) is 1. The van der Waals surface area contributed by atoms with Crippen LogP contribution in [0.4, 0.5) is 0 Å². The molecule has 0 radical (unpaired) electrons. The molecule has 0 bridgehead atoms. The summed E-state index contributed by atoms with van der Waals surface area (Å²) in [6.07, 6.45) is 6.85. The van der Waals surface area contributed by atoms with Gasteiger partial charge in [-0.05, 0) is 18.4 Å². The molecule has 1 heterocycles. The standard InChI is InChI=1S/C14H12N2O/c1-3-10(2)16-14(17)13-12-7-5-4-6-11(12)8-9-15-13/h1,4-10H,2H3,(H,16,17). The van der Waals surface area contributed by atoms with Gasteiger partial charge in [0, 0.05) is 11.6 Å². The Morgan fingerprint density at radius 3 is 2.94 bits per heavy atom. The molecule has 84 valence electrons. The number of amides is 1. The maximum atomic E-state index is 12.0. The van der Waals surface area contributed by atoms with E-state index < -0.39 is 0 Å². The van der Waals surface area contributed by atoms with Gasteiger partial charge in [-0.1, -0.05) is 30.2 Å². The summed E-state index contributed by atoms with van der Waals surface area (Å²) in [4.78, 5) is 16.1. The largest absolute Gasteiger partial charge is 0.337 e. The lowest BCUT2D eigenvalue weighted by molar-refractivity contribution is 0.0945. The van der Waals surface area contributed by atoms with Crippen LogP contribution in [0.2, 0.25) is 0 Å². The number of rotatable bonds is 2. The van der Waals surface area contributed by atoms with Gasteiger partial charge in [0.05, 0.1) is 6.04 Å². The van der Waals surface area contributed by atoms with Crippen molar-refractivity contribution in [2.45, 2.75) is 13.0 Å². The number of nitrogens with one attached hydrogen (secondary N) is 1. The second-order valence-corrected chi connectivity index (χ2v) is 3.74. The van der Waals surface area contributed by atoms with Crippen LogP contribution in [0.25, 0.3) is 10.8 Å². The quantitative estimate of drug-likeness (QED) is 0.792. The van der Waals surface area contributed by atoms with Crippen LogP contribution in [0.1, 0.15) is 17.4 Å². The first-order valence-electron chi connectivity index (χ1n) is 5.33. The number of aromatic nitrogens is 1. The third-order valence-corrected chi connectivity index (χ3v) is 2.49. The maximum absolute atomic E-state index is 12.0. The first-order chi connectivity index (χ1) is 8.22. The van der Waals surface area contributed by atoms with Crippen LogP contribution in [-0.4, -0.2) is 16.9 Å². The van der Waals surface area contributed by atoms with E-state index in [9.17, 15) is 4.79 Å². The summed E-state index contributed by atoms with van der Waals surface area (Å²) in [6.45, 7) is 1.75. The summed E-state index contributed by atoms with van der Waals surface area (Å²) in [5.41, 5.74) is 0.408. The fourth-order valence-electron chi connectivity index (χ4n) is 1.61. The van der Waals surface area contributed by atoms with E-state index in [1.807, 2.05) is 30.3 Å². The zero-order valence-electron chi connectivity index (χ0n) is 9.47. The lowest BCUT2D eigenvalue weighted by atomic mass is 10.1. The van der Waals surface area contributed by atoms with E-state index in [1.54, 1.807) is 13.1 Å². The average molecular weight is 224 g/mol. The molecular weight excluding hydrogens is 212 g/mol. The summed E-state index contributed by atoms with van der Waals surface area (Å²) in [5.74, 6) is 2.21. The lowest BCUT2D eigenvalue weighted by Gasteiger charge is -2.08. The van der Waals surface area contributed by atoms with Crippen LogP contribution >= 0.6 is 0 Å². The molecule has 0 aliphatic carbocycles. The third kappa shape index (κ3) is 2.26. The van der Waals surface area contributed by atoms with Crippen LogP contribution in [-0.2, 0) is 0 Å². The number of pyridine rings is 1. The fourth-order valence-corrected chi connectivity index (χ4v) is 1.61. The molecule has 0 spiro atoms. The Hall–Kier alpha value is -2.34. The second-order valence-electron chi connectivity index (χ2n) is 3.74. The maximum Gasteiger partial charge on any atom is 0.271 e. The normalized spacial score (nSPS) is 11.8. The second kappa shape index (κ2) is 4.67. The Labute approximate surface area is 99.9 Å². The Morgan fingerprint density at radius 1 is 1.41 bits per heavy atom. The molecule has 0 saturated heterocycles. The van der Waals surface area contributed by atoms with Gasteiger partial charge < -0.3 is 5.32 Å². The van der Waals surface area contributed by atoms with E-state index in [0.29, 0.717) is 5.69 Å². The Morgan fingerprint density at radius 2 is 2.18 bits per heavy atom. The molecule has 1 amide bonds. The van der Waals surface area contributed by atoms with Gasteiger partial charge in [-0.25, -0.2) is 0 Å². The lowest BCUT2D eigenvalue weighted by Crippen LogP contribution is -2.32. The number of terminal acetylenes is 1. The van der Waals surface area contributed by atoms with Gasteiger partial charge in [0.25, 0.3) is 5.91 Å². The average Bonchev–Trinajstić information content (AvgIpc) is 2.37. The van der Waals surface area contributed by atoms with E-state index in [4.69, 9.17) is 6.42 Å². The molecule has 3 heteroatoms. The molecule has 1 unspecified atom stereocenters. The molecule has 0 aliphatic rings. The van der Waals surface area contributed by atoms with E-state index in [2.05, 4.69) is 16.2 Å². The molecule has 0 saturated carbocycles. The van der Waals surface area contributed by atoms with Crippen LogP contribution < -0.4 is 5.32 Å². The zero-order chi connectivity index (χ0) is 12.3. The zero-order valence-corrected chi connectivity index (χ0v) is 9.47. The smallest absolute Gasteiger partial charge is 0.271 e. The van der Waals surface area contributed by atoms with Gasteiger partial charge in [-0.2, -0.15) is 0 Å². The molecule has 1 aromatic heterocycles. The highest BCUT2D eigenvalue weighted by atomic mass is 16.1. The molecule has 0 fully saturated rings. The molecule has 2 aromatic rings. The first-order valence-corrected chi connectivity index (χ1v) is 5.33. The molecule has 1 atom stereocenters. The Kier molecular flexibility index (Phi) is 3.06. The van der Waals surface area contributed by atoms with E-state index in [-0.39, 0.29) is 11.9 Å². The predicted molar refractivity (Wildman–Crippen MR) is 67.5 cm³/mol. The number of fused-ring (bicyclic) bond motifs is 1. The third-order valence-electron chi connectivity index (χ3n) is 2.49. The van der Waals surface area contributed by atoms with Crippen molar-refractivity contribution in [3.63, 3.8) is 0 Å². The molecule has 3 nitrogen and oxygen atoms in total. The molecule has 17 heavy (non-hydrogen) atoms. The van der Waals surface area contributed by atoms with Gasteiger partial charge in [0.2, 0.25) is 0 Å². The van der Waals surface area contributed by atoms with Gasteiger partial charge in [0.15, 0.2) is 0 Å². The molecular formula is C14H12N2O. The van der Waals surface area contributed by atoms with E-state index in [1.165, 1.54) is 0 Å². The van der Waals surface area contributed by atoms with Crippen molar-refractivity contribution in [2.24, 2.45) is 0 Å².